The molecule has 4 aromatic rings. The van der Waals surface area contributed by atoms with Crippen molar-refractivity contribution in [2.45, 2.75) is 19.6 Å². The van der Waals surface area contributed by atoms with Crippen LogP contribution in [0.5, 0.6) is 5.75 Å². The van der Waals surface area contributed by atoms with E-state index >= 15 is 0 Å². The maximum absolute atomic E-state index is 13.4. The highest BCUT2D eigenvalue weighted by atomic mass is 32.1. The Kier molecular flexibility index (Phi) is 6.14. The normalized spacial score (nSPS) is 11.5. The summed E-state index contributed by atoms with van der Waals surface area (Å²) in [7, 11) is 0. The second-order valence-corrected chi connectivity index (χ2v) is 7.99. The van der Waals surface area contributed by atoms with Gasteiger partial charge in [-0.1, -0.05) is 47.7 Å². The third-order valence-corrected chi connectivity index (χ3v) is 5.83. The van der Waals surface area contributed by atoms with Crippen LogP contribution in [0.15, 0.2) is 72.8 Å². The van der Waals surface area contributed by atoms with E-state index in [0.717, 1.165) is 22.4 Å². The molecule has 0 unspecified atom stereocenters. The number of hydrogen-bond donors (Lipinski definition) is 0. The van der Waals surface area contributed by atoms with Crippen molar-refractivity contribution in [1.82, 2.24) is 4.98 Å². The third kappa shape index (κ3) is 4.60. The van der Waals surface area contributed by atoms with Gasteiger partial charge in [-0.25, -0.2) is 4.98 Å². The Balaban J connectivity index is 1.74. The first-order chi connectivity index (χ1) is 15.4. The van der Waals surface area contributed by atoms with Gasteiger partial charge in [0.1, 0.15) is 11.3 Å². The molecule has 1 amide bonds. The van der Waals surface area contributed by atoms with E-state index in [1.807, 2.05) is 55.5 Å². The summed E-state index contributed by atoms with van der Waals surface area (Å²) in [6.07, 6.45) is -4.46. The first kappa shape index (κ1) is 21.8. The highest BCUT2D eigenvalue weighted by Crippen LogP contribution is 2.36. The van der Waals surface area contributed by atoms with Crippen molar-refractivity contribution in [3.8, 4) is 5.75 Å². The van der Waals surface area contributed by atoms with Gasteiger partial charge in [-0.3, -0.25) is 9.69 Å². The fourth-order valence-corrected chi connectivity index (χ4v) is 4.23. The monoisotopic (exact) mass is 456 g/mol. The summed E-state index contributed by atoms with van der Waals surface area (Å²) in [5, 5.41) is 0.445. The topological polar surface area (TPSA) is 42.4 Å². The van der Waals surface area contributed by atoms with Gasteiger partial charge in [0.05, 0.1) is 23.4 Å². The number of aromatic nitrogens is 1. The predicted octanol–water partition coefficient (Wildman–Crippen LogP) is 6.56. The number of alkyl halides is 3. The van der Waals surface area contributed by atoms with Crippen molar-refractivity contribution in [3.63, 3.8) is 0 Å². The fraction of sp³-hybridized carbons (Fsp3) is 0.167. The van der Waals surface area contributed by atoms with Gasteiger partial charge in [0.25, 0.3) is 5.91 Å². The second kappa shape index (κ2) is 9.00. The van der Waals surface area contributed by atoms with Gasteiger partial charge in [-0.15, -0.1) is 0 Å². The Bertz CT molecular complexity index is 1220. The lowest BCUT2D eigenvalue weighted by atomic mass is 10.1. The molecule has 32 heavy (non-hydrogen) atoms. The third-order valence-electron chi connectivity index (χ3n) is 4.79. The van der Waals surface area contributed by atoms with Crippen molar-refractivity contribution < 1.29 is 22.7 Å². The van der Waals surface area contributed by atoms with Crippen LogP contribution >= 0.6 is 11.3 Å². The predicted molar refractivity (Wildman–Crippen MR) is 119 cm³/mol. The number of thiazole rings is 1. The number of fused-ring (bicyclic) bond motifs is 1. The standard InChI is InChI=1S/C24H19F3N2O2S/c1-2-31-19-9-6-10-20-21(19)28-23(32-20)29(15-16-7-4-3-5-8-16)22(30)17-11-13-18(14-12-17)24(25,26)27/h3-14H,2,15H2,1H3. The van der Waals surface area contributed by atoms with Gasteiger partial charge in [-0.05, 0) is 48.9 Å². The smallest absolute Gasteiger partial charge is 0.416 e. The van der Waals surface area contributed by atoms with Crippen LogP contribution in [0.1, 0.15) is 28.4 Å². The van der Waals surface area contributed by atoms with E-state index in [0.29, 0.717) is 23.0 Å². The van der Waals surface area contributed by atoms with Crippen LogP contribution in [-0.4, -0.2) is 17.5 Å². The molecule has 1 aromatic heterocycles. The molecule has 164 valence electrons. The SMILES string of the molecule is CCOc1cccc2sc(N(Cc3ccccc3)C(=O)c3ccc(C(F)(F)F)cc3)nc12. The van der Waals surface area contributed by atoms with Gasteiger partial charge in [-0.2, -0.15) is 13.2 Å². The van der Waals surface area contributed by atoms with Crippen molar-refractivity contribution in [2.24, 2.45) is 0 Å². The van der Waals surface area contributed by atoms with E-state index < -0.39 is 17.6 Å². The van der Waals surface area contributed by atoms with E-state index in [2.05, 4.69) is 4.98 Å². The quantitative estimate of drug-likeness (QED) is 0.330. The molecular weight excluding hydrogens is 437 g/mol. The summed E-state index contributed by atoms with van der Waals surface area (Å²) in [6.45, 7) is 2.58. The van der Waals surface area contributed by atoms with E-state index in [9.17, 15) is 18.0 Å². The molecule has 0 saturated carbocycles. The number of benzene rings is 3. The van der Waals surface area contributed by atoms with Crippen LogP contribution in [0.25, 0.3) is 10.2 Å². The average molecular weight is 456 g/mol. The number of carbonyl (C=O) groups excluding carboxylic acids is 1. The number of hydrogen-bond acceptors (Lipinski definition) is 4. The van der Waals surface area contributed by atoms with E-state index in [1.165, 1.54) is 28.4 Å². The van der Waals surface area contributed by atoms with E-state index in [1.54, 1.807) is 0 Å². The molecule has 1 heterocycles. The van der Waals surface area contributed by atoms with Crippen molar-refractivity contribution >= 4 is 32.6 Å². The lowest BCUT2D eigenvalue weighted by Crippen LogP contribution is -2.30. The second-order valence-electron chi connectivity index (χ2n) is 6.98. The summed E-state index contributed by atoms with van der Waals surface area (Å²) in [6, 6.07) is 19.1. The molecular formula is C24H19F3N2O2S. The Morgan fingerprint density at radius 3 is 2.38 bits per heavy atom. The van der Waals surface area contributed by atoms with E-state index in [4.69, 9.17) is 4.74 Å². The Labute approximate surface area is 186 Å². The molecule has 3 aromatic carbocycles. The number of nitrogens with zero attached hydrogens (tertiary/aromatic N) is 2. The molecule has 0 N–H and O–H groups in total. The van der Waals surface area contributed by atoms with Crippen LogP contribution in [0.4, 0.5) is 18.3 Å². The molecule has 0 aliphatic rings. The van der Waals surface area contributed by atoms with Crippen LogP contribution < -0.4 is 9.64 Å². The summed E-state index contributed by atoms with van der Waals surface area (Å²) in [5.41, 5.74) is 0.868. The number of halogens is 3. The van der Waals surface area contributed by atoms with Crippen molar-refractivity contribution in [3.05, 3.63) is 89.5 Å². The van der Waals surface area contributed by atoms with Crippen molar-refractivity contribution in [2.75, 3.05) is 11.5 Å². The maximum Gasteiger partial charge on any atom is 0.416 e. The number of rotatable bonds is 6. The minimum atomic E-state index is -4.46. The fourth-order valence-electron chi connectivity index (χ4n) is 3.25. The molecule has 0 radical (unpaired) electrons. The highest BCUT2D eigenvalue weighted by Gasteiger charge is 2.31. The molecule has 0 aliphatic carbocycles. The largest absolute Gasteiger partial charge is 0.492 e. The zero-order chi connectivity index (χ0) is 22.7. The zero-order valence-corrected chi connectivity index (χ0v) is 17.9. The molecule has 0 aliphatic heterocycles. The number of anilines is 1. The van der Waals surface area contributed by atoms with Crippen LogP contribution in [0.3, 0.4) is 0 Å². The zero-order valence-electron chi connectivity index (χ0n) is 17.1. The Hall–Kier alpha value is -3.39. The lowest BCUT2D eigenvalue weighted by Gasteiger charge is -2.20. The van der Waals surface area contributed by atoms with Gasteiger partial charge >= 0.3 is 6.18 Å². The van der Waals surface area contributed by atoms with Gasteiger partial charge in [0.2, 0.25) is 0 Å². The minimum absolute atomic E-state index is 0.151. The molecule has 0 spiro atoms. The summed E-state index contributed by atoms with van der Waals surface area (Å²) in [4.78, 5) is 19.5. The van der Waals surface area contributed by atoms with Gasteiger partial charge in [0.15, 0.2) is 5.13 Å². The first-order valence-corrected chi connectivity index (χ1v) is 10.7. The van der Waals surface area contributed by atoms with Crippen LogP contribution in [-0.2, 0) is 12.7 Å². The molecule has 4 rings (SSSR count). The average Bonchev–Trinajstić information content (AvgIpc) is 3.22. The number of para-hydroxylation sites is 1. The van der Waals surface area contributed by atoms with Gasteiger partial charge in [0, 0.05) is 5.56 Å². The first-order valence-electron chi connectivity index (χ1n) is 9.92. The Morgan fingerprint density at radius 2 is 1.72 bits per heavy atom. The lowest BCUT2D eigenvalue weighted by molar-refractivity contribution is -0.137. The van der Waals surface area contributed by atoms with Crippen LogP contribution in [0.2, 0.25) is 0 Å². The van der Waals surface area contributed by atoms with Crippen LogP contribution in [0, 0.1) is 0 Å². The molecule has 8 heteroatoms. The molecule has 0 bridgehead atoms. The Morgan fingerprint density at radius 1 is 1.00 bits per heavy atom. The summed E-state index contributed by atoms with van der Waals surface area (Å²) >= 11 is 1.33. The number of carbonyl (C=O) groups is 1. The number of amides is 1. The minimum Gasteiger partial charge on any atom is -0.492 e. The molecule has 0 saturated heterocycles. The highest BCUT2D eigenvalue weighted by molar-refractivity contribution is 7.22. The molecule has 0 atom stereocenters. The van der Waals surface area contributed by atoms with Gasteiger partial charge < -0.3 is 4.74 Å². The molecule has 0 fully saturated rings. The molecule has 4 nitrogen and oxygen atoms in total. The summed E-state index contributed by atoms with van der Waals surface area (Å²) in [5.74, 6) is 0.189. The van der Waals surface area contributed by atoms with E-state index in [-0.39, 0.29) is 12.1 Å². The summed E-state index contributed by atoms with van der Waals surface area (Å²) < 4.78 is 45.3. The number of ether oxygens (including phenoxy) is 1. The maximum atomic E-state index is 13.4. The van der Waals surface area contributed by atoms with Crippen molar-refractivity contribution in [1.29, 1.82) is 0 Å².